The van der Waals surface area contributed by atoms with E-state index in [-0.39, 0.29) is 5.25 Å². The van der Waals surface area contributed by atoms with Gasteiger partial charge in [0.05, 0.1) is 18.5 Å². The second-order valence-corrected chi connectivity index (χ2v) is 7.38. The van der Waals surface area contributed by atoms with E-state index < -0.39 is 18.0 Å². The summed E-state index contributed by atoms with van der Waals surface area (Å²) in [6.45, 7) is 0. The maximum absolute atomic E-state index is 12.7. The molecule has 0 aliphatic rings. The molecule has 0 saturated heterocycles. The fourth-order valence-electron chi connectivity index (χ4n) is 3.05. The first-order chi connectivity index (χ1) is 13.2. The molecule has 0 aliphatic heterocycles. The molecule has 1 N–H and O–H groups in total. The molecule has 3 aromatic carbocycles. The Morgan fingerprint density at radius 2 is 1.30 bits per heavy atom. The molecule has 27 heavy (non-hydrogen) atoms. The van der Waals surface area contributed by atoms with Gasteiger partial charge in [-0.2, -0.15) is 0 Å². The Kier molecular flexibility index (Phi) is 6.69. The van der Waals surface area contributed by atoms with E-state index in [4.69, 9.17) is 4.74 Å². The van der Waals surface area contributed by atoms with E-state index in [0.717, 1.165) is 10.5 Å². The number of benzene rings is 3. The second-order valence-electron chi connectivity index (χ2n) is 6.17. The van der Waals surface area contributed by atoms with Gasteiger partial charge in [-0.15, -0.1) is 11.8 Å². The third-order valence-electron chi connectivity index (χ3n) is 4.42. The van der Waals surface area contributed by atoms with Crippen molar-refractivity contribution in [1.29, 1.82) is 0 Å². The molecule has 0 spiro atoms. The largest absolute Gasteiger partial charge is 0.469 e. The predicted octanol–water partition coefficient (Wildman–Crippen LogP) is 5.04. The Bertz CT molecular complexity index is 837. The van der Waals surface area contributed by atoms with E-state index in [1.54, 1.807) is 11.8 Å². The molecule has 0 aliphatic carbocycles. The van der Waals surface area contributed by atoms with Crippen LogP contribution in [0.1, 0.15) is 22.5 Å². The highest BCUT2D eigenvalue weighted by Crippen LogP contribution is 2.45. The zero-order chi connectivity index (χ0) is 19.1. The highest BCUT2D eigenvalue weighted by molar-refractivity contribution is 7.99. The Labute approximate surface area is 164 Å². The molecule has 3 atom stereocenters. The van der Waals surface area contributed by atoms with Gasteiger partial charge in [0.25, 0.3) is 0 Å². The number of methoxy groups -OCH3 is 1. The third-order valence-corrected chi connectivity index (χ3v) is 5.78. The molecule has 1 unspecified atom stereocenters. The van der Waals surface area contributed by atoms with E-state index in [1.807, 2.05) is 91.0 Å². The van der Waals surface area contributed by atoms with Crippen molar-refractivity contribution in [2.75, 3.05) is 7.11 Å². The molecule has 0 amide bonds. The van der Waals surface area contributed by atoms with Crippen molar-refractivity contribution in [3.05, 3.63) is 102 Å². The Morgan fingerprint density at radius 3 is 1.81 bits per heavy atom. The minimum absolute atomic E-state index is 0.295. The number of thioether (sulfide) groups is 1. The molecule has 4 heteroatoms. The summed E-state index contributed by atoms with van der Waals surface area (Å²) in [5, 5.41) is 10.8. The zero-order valence-corrected chi connectivity index (χ0v) is 15.9. The van der Waals surface area contributed by atoms with E-state index >= 15 is 0 Å². The van der Waals surface area contributed by atoms with Crippen LogP contribution < -0.4 is 0 Å². The molecule has 3 aromatic rings. The van der Waals surface area contributed by atoms with Crippen molar-refractivity contribution in [2.24, 2.45) is 5.92 Å². The number of carbonyl (C=O) groups excluding carboxylic acids is 1. The minimum Gasteiger partial charge on any atom is -0.469 e. The molecule has 138 valence electrons. The van der Waals surface area contributed by atoms with E-state index in [1.165, 1.54) is 7.11 Å². The van der Waals surface area contributed by atoms with Gasteiger partial charge in [-0.3, -0.25) is 4.79 Å². The summed E-state index contributed by atoms with van der Waals surface area (Å²) in [5.41, 5.74) is 1.67. The number of esters is 1. The first-order valence-corrected chi connectivity index (χ1v) is 9.66. The van der Waals surface area contributed by atoms with Crippen LogP contribution in [0.5, 0.6) is 0 Å². The maximum atomic E-state index is 12.7. The fourth-order valence-corrected chi connectivity index (χ4v) is 4.36. The standard InChI is InChI=1S/C23H22O3S/c1-26-23(25)20(21(24)17-11-5-2-6-12-17)22(18-13-7-3-8-14-18)27-19-15-9-4-10-16-19/h2-16,20-22,24H,1H3/t20-,21?,22-/m0/s1. The van der Waals surface area contributed by atoms with Crippen LogP contribution in [0.3, 0.4) is 0 Å². The minimum atomic E-state index is -0.972. The topological polar surface area (TPSA) is 46.5 Å². The highest BCUT2D eigenvalue weighted by Gasteiger charge is 2.38. The monoisotopic (exact) mass is 378 g/mol. The van der Waals surface area contributed by atoms with Gasteiger partial charge < -0.3 is 9.84 Å². The quantitative estimate of drug-likeness (QED) is 0.462. The van der Waals surface area contributed by atoms with E-state index in [9.17, 15) is 9.90 Å². The molecule has 0 aromatic heterocycles. The zero-order valence-electron chi connectivity index (χ0n) is 15.1. The number of carbonyl (C=O) groups is 1. The molecule has 0 bridgehead atoms. The highest BCUT2D eigenvalue weighted by atomic mass is 32.2. The van der Waals surface area contributed by atoms with Gasteiger partial charge in [0.1, 0.15) is 5.92 Å². The lowest BCUT2D eigenvalue weighted by molar-refractivity contribution is -0.149. The molecule has 0 fully saturated rings. The lowest BCUT2D eigenvalue weighted by atomic mass is 9.89. The summed E-state index contributed by atoms with van der Waals surface area (Å²) in [6.07, 6.45) is -0.972. The predicted molar refractivity (Wildman–Crippen MR) is 108 cm³/mol. The molecular formula is C23H22O3S. The summed E-state index contributed by atoms with van der Waals surface area (Å²) < 4.78 is 5.08. The van der Waals surface area contributed by atoms with Gasteiger partial charge in [0.15, 0.2) is 0 Å². The van der Waals surface area contributed by atoms with Crippen molar-refractivity contribution in [1.82, 2.24) is 0 Å². The number of aliphatic hydroxyl groups is 1. The first kappa shape index (κ1) is 19.2. The van der Waals surface area contributed by atoms with Crippen LogP contribution in [-0.4, -0.2) is 18.2 Å². The molecular weight excluding hydrogens is 356 g/mol. The molecule has 3 nitrogen and oxygen atoms in total. The summed E-state index contributed by atoms with van der Waals surface area (Å²) in [7, 11) is 1.36. The lowest BCUT2D eigenvalue weighted by Gasteiger charge is -2.29. The second kappa shape index (κ2) is 9.40. The fraction of sp³-hybridized carbons (Fsp3) is 0.174. The van der Waals surface area contributed by atoms with E-state index in [0.29, 0.717) is 5.56 Å². The van der Waals surface area contributed by atoms with Crippen molar-refractivity contribution in [3.8, 4) is 0 Å². The van der Waals surface area contributed by atoms with Crippen molar-refractivity contribution in [2.45, 2.75) is 16.2 Å². The summed E-state index contributed by atoms with van der Waals surface area (Å²) in [5.74, 6) is -1.17. The molecule has 3 rings (SSSR count). The molecule has 0 radical (unpaired) electrons. The number of rotatable bonds is 7. The Balaban J connectivity index is 2.03. The maximum Gasteiger partial charge on any atom is 0.313 e. The average molecular weight is 378 g/mol. The normalized spacial score (nSPS) is 14.1. The van der Waals surface area contributed by atoms with Crippen LogP contribution in [-0.2, 0) is 9.53 Å². The van der Waals surface area contributed by atoms with Crippen molar-refractivity contribution >= 4 is 17.7 Å². The van der Waals surface area contributed by atoms with Crippen LogP contribution in [0.4, 0.5) is 0 Å². The summed E-state index contributed by atoms with van der Waals surface area (Å²) in [4.78, 5) is 13.8. The number of ether oxygens (including phenoxy) is 1. The first-order valence-electron chi connectivity index (χ1n) is 8.78. The van der Waals surface area contributed by atoms with Crippen LogP contribution >= 0.6 is 11.8 Å². The lowest BCUT2D eigenvalue weighted by Crippen LogP contribution is -2.28. The number of hydrogen-bond acceptors (Lipinski definition) is 4. The third kappa shape index (κ3) is 4.79. The smallest absolute Gasteiger partial charge is 0.313 e. The van der Waals surface area contributed by atoms with E-state index in [2.05, 4.69) is 0 Å². The van der Waals surface area contributed by atoms with Crippen LogP contribution in [0.25, 0.3) is 0 Å². The Hall–Kier alpha value is -2.56. The van der Waals surface area contributed by atoms with Gasteiger partial charge in [0.2, 0.25) is 0 Å². The summed E-state index contributed by atoms with van der Waals surface area (Å²) >= 11 is 1.56. The van der Waals surface area contributed by atoms with Crippen LogP contribution in [0.2, 0.25) is 0 Å². The SMILES string of the molecule is COC(=O)[C@@H](C(O)c1ccccc1)[C@@H](Sc1ccccc1)c1ccccc1. The molecule has 0 saturated carbocycles. The van der Waals surface area contributed by atoms with Gasteiger partial charge in [-0.05, 0) is 23.3 Å². The molecule has 0 heterocycles. The van der Waals surface area contributed by atoms with Crippen LogP contribution in [0, 0.1) is 5.92 Å². The van der Waals surface area contributed by atoms with Gasteiger partial charge >= 0.3 is 5.97 Å². The van der Waals surface area contributed by atoms with Gasteiger partial charge in [-0.25, -0.2) is 0 Å². The van der Waals surface area contributed by atoms with Crippen molar-refractivity contribution in [3.63, 3.8) is 0 Å². The summed E-state index contributed by atoms with van der Waals surface area (Å²) in [6, 6.07) is 28.9. The number of hydrogen-bond donors (Lipinski definition) is 1. The Morgan fingerprint density at radius 1 is 0.815 bits per heavy atom. The van der Waals surface area contributed by atoms with Gasteiger partial charge in [-0.1, -0.05) is 78.9 Å². The van der Waals surface area contributed by atoms with Gasteiger partial charge in [0, 0.05) is 4.90 Å². The average Bonchev–Trinajstić information content (AvgIpc) is 2.75. The number of aliphatic hydroxyl groups excluding tert-OH is 1. The van der Waals surface area contributed by atoms with Crippen LogP contribution in [0.15, 0.2) is 95.9 Å². The van der Waals surface area contributed by atoms with Crippen molar-refractivity contribution < 1.29 is 14.6 Å².